The summed E-state index contributed by atoms with van der Waals surface area (Å²) < 4.78 is 5.16. The molecule has 1 saturated carbocycles. The van der Waals surface area contributed by atoms with Crippen LogP contribution in [0.5, 0.6) is 0 Å². The number of rotatable bonds is 4. The smallest absolute Gasteiger partial charge is 0.242 e. The Hall–Kier alpha value is -1.10. The van der Waals surface area contributed by atoms with Gasteiger partial charge in [-0.05, 0) is 19.3 Å². The van der Waals surface area contributed by atoms with Crippen LogP contribution in [0, 0.1) is 5.41 Å². The molecule has 2 rings (SSSR count). The van der Waals surface area contributed by atoms with Gasteiger partial charge in [0.15, 0.2) is 0 Å². The number of hydrogen-bond donors (Lipinski definition) is 1. The lowest BCUT2D eigenvalue weighted by Crippen LogP contribution is -2.53. The van der Waals surface area contributed by atoms with Gasteiger partial charge in [0.2, 0.25) is 11.8 Å². The first-order valence-corrected chi connectivity index (χ1v) is 6.15. The predicted octanol–water partition coefficient (Wildman–Crippen LogP) is 0.150. The van der Waals surface area contributed by atoms with Gasteiger partial charge >= 0.3 is 0 Å². The van der Waals surface area contributed by atoms with E-state index in [1.807, 2.05) is 0 Å². The summed E-state index contributed by atoms with van der Waals surface area (Å²) in [6.45, 7) is 1.13. The molecule has 1 aliphatic heterocycles. The van der Waals surface area contributed by atoms with Crippen molar-refractivity contribution in [3.63, 3.8) is 0 Å². The molecule has 1 unspecified atom stereocenters. The van der Waals surface area contributed by atoms with Crippen LogP contribution < -0.4 is 5.32 Å². The van der Waals surface area contributed by atoms with E-state index in [9.17, 15) is 9.59 Å². The fourth-order valence-electron chi connectivity index (χ4n) is 2.77. The van der Waals surface area contributed by atoms with Gasteiger partial charge in [-0.1, -0.05) is 6.42 Å². The maximum absolute atomic E-state index is 12.4. The van der Waals surface area contributed by atoms with Gasteiger partial charge in [0.05, 0.1) is 12.0 Å². The van der Waals surface area contributed by atoms with Gasteiger partial charge < -0.3 is 15.0 Å². The molecule has 1 heterocycles. The first-order valence-electron chi connectivity index (χ1n) is 6.15. The molecule has 0 aromatic rings. The van der Waals surface area contributed by atoms with E-state index in [4.69, 9.17) is 4.74 Å². The molecule has 0 bridgehead atoms. The molecule has 2 aliphatic rings. The average molecular weight is 240 g/mol. The molecular formula is C12H20N2O3. The highest BCUT2D eigenvalue weighted by Gasteiger charge is 2.47. The van der Waals surface area contributed by atoms with Gasteiger partial charge in [0.25, 0.3) is 0 Å². The summed E-state index contributed by atoms with van der Waals surface area (Å²) in [7, 11) is 3.35. The molecule has 0 radical (unpaired) electrons. The highest BCUT2D eigenvalue weighted by atomic mass is 16.5. The van der Waals surface area contributed by atoms with Crippen molar-refractivity contribution in [2.45, 2.75) is 31.7 Å². The van der Waals surface area contributed by atoms with E-state index in [0.29, 0.717) is 19.6 Å². The minimum absolute atomic E-state index is 0.0345. The van der Waals surface area contributed by atoms with Gasteiger partial charge in [0, 0.05) is 20.7 Å². The predicted molar refractivity (Wildman–Crippen MR) is 62.3 cm³/mol. The number of hydrogen-bond acceptors (Lipinski definition) is 3. The number of ether oxygens (including phenoxy) is 1. The Balaban J connectivity index is 2.05. The average Bonchev–Trinajstić information content (AvgIpc) is 2.68. The lowest BCUT2D eigenvalue weighted by Gasteiger charge is -2.43. The summed E-state index contributed by atoms with van der Waals surface area (Å²) in [6, 6.07) is -0.295. The number of likely N-dealkylation sites (N-methyl/N-ethyl adjacent to an activating group) is 1. The Kier molecular flexibility index (Phi) is 3.38. The highest BCUT2D eigenvalue weighted by Crippen LogP contribution is 2.43. The van der Waals surface area contributed by atoms with E-state index >= 15 is 0 Å². The molecule has 5 heteroatoms. The van der Waals surface area contributed by atoms with Crippen molar-refractivity contribution in [1.82, 2.24) is 10.2 Å². The second-order valence-electron chi connectivity index (χ2n) is 5.08. The van der Waals surface area contributed by atoms with E-state index < -0.39 is 0 Å². The fourth-order valence-corrected chi connectivity index (χ4v) is 2.77. The van der Waals surface area contributed by atoms with E-state index in [1.165, 1.54) is 0 Å². The summed E-state index contributed by atoms with van der Waals surface area (Å²) >= 11 is 0. The van der Waals surface area contributed by atoms with Gasteiger partial charge in [-0.25, -0.2) is 0 Å². The first kappa shape index (κ1) is 12.4. The van der Waals surface area contributed by atoms with Gasteiger partial charge in [-0.3, -0.25) is 9.59 Å². The van der Waals surface area contributed by atoms with Crippen molar-refractivity contribution in [1.29, 1.82) is 0 Å². The van der Waals surface area contributed by atoms with Gasteiger partial charge in [-0.2, -0.15) is 0 Å². The maximum Gasteiger partial charge on any atom is 0.242 e. The maximum atomic E-state index is 12.4. The van der Waals surface area contributed by atoms with Gasteiger partial charge in [-0.15, -0.1) is 0 Å². The van der Waals surface area contributed by atoms with Crippen LogP contribution in [0.3, 0.4) is 0 Å². The first-order chi connectivity index (χ1) is 8.10. The molecule has 5 nitrogen and oxygen atoms in total. The zero-order chi connectivity index (χ0) is 12.5. The molecule has 96 valence electrons. The van der Waals surface area contributed by atoms with Crippen LogP contribution in [-0.2, 0) is 14.3 Å². The normalized spacial score (nSPS) is 26.2. The second-order valence-corrected chi connectivity index (χ2v) is 5.08. The quantitative estimate of drug-likeness (QED) is 0.761. The van der Waals surface area contributed by atoms with Crippen molar-refractivity contribution in [3.8, 4) is 0 Å². The SMILES string of the molecule is COCC1(C(=O)N(C)C2CCNC2=O)CCC1. The molecule has 0 aromatic heterocycles. The van der Waals surface area contributed by atoms with Crippen molar-refractivity contribution in [3.05, 3.63) is 0 Å². The Morgan fingerprint density at radius 3 is 2.71 bits per heavy atom. The molecule has 1 saturated heterocycles. The summed E-state index contributed by atoms with van der Waals surface area (Å²) in [5, 5.41) is 2.76. The summed E-state index contributed by atoms with van der Waals surface area (Å²) in [5.41, 5.74) is -0.369. The number of amides is 2. The van der Waals surface area contributed by atoms with E-state index in [-0.39, 0.29) is 23.3 Å². The van der Waals surface area contributed by atoms with Crippen LogP contribution in [0.25, 0.3) is 0 Å². The minimum atomic E-state index is -0.369. The number of nitrogens with zero attached hydrogens (tertiary/aromatic N) is 1. The van der Waals surface area contributed by atoms with Gasteiger partial charge in [0.1, 0.15) is 6.04 Å². The van der Waals surface area contributed by atoms with Crippen molar-refractivity contribution in [2.75, 3.05) is 27.3 Å². The standard InChI is InChI=1S/C12H20N2O3/c1-14(9-4-7-13-10(9)15)11(16)12(8-17-2)5-3-6-12/h9H,3-8H2,1-2H3,(H,13,15). The van der Waals surface area contributed by atoms with Crippen molar-refractivity contribution < 1.29 is 14.3 Å². The Bertz CT molecular complexity index is 326. The minimum Gasteiger partial charge on any atom is -0.384 e. The van der Waals surface area contributed by atoms with Crippen LogP contribution in [0.4, 0.5) is 0 Å². The number of carbonyl (C=O) groups is 2. The second kappa shape index (κ2) is 4.64. The molecule has 2 fully saturated rings. The lowest BCUT2D eigenvalue weighted by molar-refractivity contribution is -0.155. The van der Waals surface area contributed by atoms with Crippen LogP contribution in [0.1, 0.15) is 25.7 Å². The summed E-state index contributed by atoms with van der Waals surface area (Å²) in [4.78, 5) is 25.6. The third-order valence-electron chi connectivity index (χ3n) is 3.99. The van der Waals surface area contributed by atoms with Crippen LogP contribution in [-0.4, -0.2) is 50.1 Å². The molecule has 1 atom stereocenters. The highest BCUT2D eigenvalue weighted by molar-refractivity contribution is 5.91. The number of methoxy groups -OCH3 is 1. The zero-order valence-electron chi connectivity index (χ0n) is 10.5. The molecular weight excluding hydrogens is 220 g/mol. The number of nitrogens with one attached hydrogen (secondary N) is 1. The fraction of sp³-hybridized carbons (Fsp3) is 0.833. The summed E-state index contributed by atoms with van der Waals surface area (Å²) in [6.07, 6.45) is 3.53. The Labute approximate surface area is 101 Å². The van der Waals surface area contributed by atoms with Crippen molar-refractivity contribution in [2.24, 2.45) is 5.41 Å². The Morgan fingerprint density at radius 1 is 1.59 bits per heavy atom. The third-order valence-corrected chi connectivity index (χ3v) is 3.99. The molecule has 1 aliphatic carbocycles. The Morgan fingerprint density at radius 2 is 2.29 bits per heavy atom. The monoisotopic (exact) mass is 240 g/mol. The number of carbonyl (C=O) groups excluding carboxylic acids is 2. The van der Waals surface area contributed by atoms with Crippen molar-refractivity contribution >= 4 is 11.8 Å². The third kappa shape index (κ3) is 2.04. The van der Waals surface area contributed by atoms with Crippen LogP contribution >= 0.6 is 0 Å². The molecule has 0 spiro atoms. The van der Waals surface area contributed by atoms with E-state index in [0.717, 1.165) is 19.3 Å². The van der Waals surface area contributed by atoms with E-state index in [2.05, 4.69) is 5.32 Å². The van der Waals surface area contributed by atoms with Crippen LogP contribution in [0.2, 0.25) is 0 Å². The summed E-state index contributed by atoms with van der Waals surface area (Å²) in [5.74, 6) is 0.0281. The van der Waals surface area contributed by atoms with Crippen LogP contribution in [0.15, 0.2) is 0 Å². The topological polar surface area (TPSA) is 58.6 Å². The zero-order valence-corrected chi connectivity index (χ0v) is 10.5. The van der Waals surface area contributed by atoms with E-state index in [1.54, 1.807) is 19.1 Å². The lowest BCUT2D eigenvalue weighted by atomic mass is 9.68. The molecule has 0 aromatic carbocycles. The molecule has 2 amide bonds. The molecule has 1 N–H and O–H groups in total. The largest absolute Gasteiger partial charge is 0.384 e. The molecule has 17 heavy (non-hydrogen) atoms.